The number of hydrogen-bond donors (Lipinski definition) is 3. The van der Waals surface area contributed by atoms with Crippen molar-refractivity contribution in [2.24, 2.45) is 0 Å². The fraction of sp³-hybridized carbons (Fsp3) is 0.351. The second-order valence-electron chi connectivity index (χ2n) is 12.0. The second kappa shape index (κ2) is 24.9. The molecule has 0 saturated carbocycles. The molecule has 14 nitrogen and oxygen atoms in total. The summed E-state index contributed by atoms with van der Waals surface area (Å²) in [4.78, 5) is 68.7. The van der Waals surface area contributed by atoms with Gasteiger partial charge in [-0.15, -0.1) is 11.3 Å². The standard InChI is InChI=1S/C27H25F2N5O2S.C4H9N.C4H6O4.C2H3BO2.Na/c1-2-24(35)30-18-6-5-7-19(15-18)34-21-9-8-17(16-33-12-3-4-13-33)14-20(21)31-27(34)32-26(36)23-11-10-22(37-23)25(28)29;1-2-4-5-3-1;1-3(5)7-8-4(2)6;1-2(4)5-3;/h2,5-11,14-15,25H,1,3-4,12-13,16H2,(H,30,35)(H,31,32,36);5H,1-4H2;1-2H3;1H3;/q;;;-1;+1. The molecule has 0 bridgehead atoms. The summed E-state index contributed by atoms with van der Waals surface area (Å²) in [5.41, 5.74) is 3.77. The van der Waals surface area contributed by atoms with Gasteiger partial charge in [-0.1, -0.05) is 18.7 Å². The number of nitrogens with zero attached hydrogens (tertiary/aromatic N) is 3. The first-order valence-electron chi connectivity index (χ1n) is 17.2. The average molecular weight is 804 g/mol. The van der Waals surface area contributed by atoms with E-state index in [2.05, 4.69) is 49.9 Å². The molecule has 3 radical (unpaired) electrons. The van der Waals surface area contributed by atoms with Crippen LogP contribution in [0.15, 0.2) is 67.3 Å². The first kappa shape index (κ1) is 47.7. The van der Waals surface area contributed by atoms with Crippen LogP contribution in [0.25, 0.3) is 16.7 Å². The predicted molar refractivity (Wildman–Crippen MR) is 205 cm³/mol. The Morgan fingerprint density at radius 3 is 2.09 bits per heavy atom. The number of amides is 2. The summed E-state index contributed by atoms with van der Waals surface area (Å²) >= 11 is 0.747. The van der Waals surface area contributed by atoms with E-state index in [1.165, 1.54) is 63.9 Å². The summed E-state index contributed by atoms with van der Waals surface area (Å²) in [5, 5.41) is 8.76. The van der Waals surface area contributed by atoms with Gasteiger partial charge >= 0.3 is 41.5 Å². The zero-order chi connectivity index (χ0) is 40.3. The maximum Gasteiger partial charge on any atom is 1.00 e. The normalized spacial score (nSPS) is 13.0. The van der Waals surface area contributed by atoms with Gasteiger partial charge in [0.25, 0.3) is 12.3 Å². The summed E-state index contributed by atoms with van der Waals surface area (Å²) < 4.78 is 31.5. The molecule has 4 heterocycles. The van der Waals surface area contributed by atoms with Gasteiger partial charge < -0.3 is 23.3 Å². The molecule has 0 aliphatic carbocycles. The molecule has 3 N–H and O–H groups in total. The smallest absolute Gasteiger partial charge is 0.793 e. The molecule has 0 atom stereocenters. The van der Waals surface area contributed by atoms with Crippen LogP contribution in [0, 0.1) is 0 Å². The second-order valence-corrected chi connectivity index (χ2v) is 13.1. The predicted octanol–water partition coefficient (Wildman–Crippen LogP) is 3.03. The summed E-state index contributed by atoms with van der Waals surface area (Å²) in [6.45, 7) is 12.5. The molecule has 56 heavy (non-hydrogen) atoms. The van der Waals surface area contributed by atoms with Crippen molar-refractivity contribution < 1.29 is 76.7 Å². The number of anilines is 2. The minimum Gasteiger partial charge on any atom is -0.793 e. The molecule has 293 valence electrons. The van der Waals surface area contributed by atoms with Gasteiger partial charge in [0.2, 0.25) is 17.8 Å². The Kier molecular flexibility index (Phi) is 21.2. The fourth-order valence-electron chi connectivity index (χ4n) is 5.18. The summed E-state index contributed by atoms with van der Waals surface area (Å²) in [6, 6.07) is 15.8. The number of carbonyl (C=O) groups excluding carboxylic acids is 5. The minimum atomic E-state index is -2.64. The van der Waals surface area contributed by atoms with E-state index in [4.69, 9.17) is 4.98 Å². The van der Waals surface area contributed by atoms with E-state index < -0.39 is 30.2 Å². The third-order valence-electron chi connectivity index (χ3n) is 7.57. The number of likely N-dealkylation sites (tertiary alicyclic amines) is 1. The molecule has 2 fully saturated rings. The Balaban J connectivity index is 0.000000471. The van der Waals surface area contributed by atoms with Crippen LogP contribution < -0.4 is 45.5 Å². The van der Waals surface area contributed by atoms with Crippen LogP contribution in [-0.4, -0.2) is 78.4 Å². The summed E-state index contributed by atoms with van der Waals surface area (Å²) in [7, 11) is 4.32. The molecule has 0 spiro atoms. The molecule has 19 heteroatoms. The maximum absolute atomic E-state index is 13.1. The number of thiophene rings is 1. The van der Waals surface area contributed by atoms with Crippen LogP contribution in [-0.2, 0) is 40.2 Å². The summed E-state index contributed by atoms with van der Waals surface area (Å²) in [6.07, 6.45) is 3.71. The molecule has 4 aromatic rings. The van der Waals surface area contributed by atoms with E-state index in [9.17, 15) is 32.8 Å². The molecule has 2 saturated heterocycles. The number of rotatable bonds is 8. The van der Waals surface area contributed by atoms with Crippen molar-refractivity contribution in [3.8, 4) is 5.69 Å². The first-order valence-corrected chi connectivity index (χ1v) is 18.0. The minimum absolute atomic E-state index is 0. The molecule has 6 rings (SSSR count). The number of alkyl halides is 2. The van der Waals surface area contributed by atoms with Crippen LogP contribution in [0.2, 0.25) is 0 Å². The van der Waals surface area contributed by atoms with Gasteiger partial charge in [0.05, 0.1) is 26.5 Å². The Bertz CT molecular complexity index is 1910. The van der Waals surface area contributed by atoms with Crippen molar-refractivity contribution in [2.45, 2.75) is 59.4 Å². The number of aromatic nitrogens is 2. The molecule has 0 unspecified atom stereocenters. The van der Waals surface area contributed by atoms with Gasteiger partial charge in [-0.25, -0.2) is 33.1 Å². The van der Waals surface area contributed by atoms with Gasteiger partial charge in [-0.3, -0.25) is 29.2 Å². The van der Waals surface area contributed by atoms with Gasteiger partial charge in [0.15, 0.2) is 0 Å². The van der Waals surface area contributed by atoms with E-state index in [1.807, 2.05) is 24.3 Å². The van der Waals surface area contributed by atoms with E-state index in [1.54, 1.807) is 22.8 Å². The number of benzene rings is 2. The zero-order valence-corrected chi connectivity index (χ0v) is 34.6. The van der Waals surface area contributed by atoms with Crippen LogP contribution in [0.4, 0.5) is 20.4 Å². The molecule has 2 amide bonds. The van der Waals surface area contributed by atoms with Gasteiger partial charge in [0.1, 0.15) is 0 Å². The third-order valence-corrected chi connectivity index (χ3v) is 8.66. The van der Waals surface area contributed by atoms with E-state index >= 15 is 0 Å². The monoisotopic (exact) mass is 803 g/mol. The Morgan fingerprint density at radius 1 is 0.929 bits per heavy atom. The zero-order valence-electron chi connectivity index (χ0n) is 31.8. The van der Waals surface area contributed by atoms with E-state index in [0.717, 1.165) is 55.9 Å². The molecule has 2 aliphatic heterocycles. The van der Waals surface area contributed by atoms with Crippen LogP contribution in [0.5, 0.6) is 0 Å². The topological polar surface area (TPSA) is 170 Å². The SMILES string of the molecule is C1CCNC1.C=CC(=O)Nc1cccc(-n2c(NC(=O)c3ccc(C(F)F)s3)nc3cc(CN4CCCC4)ccc32)c1.CC(=O)OOC(C)=O.[B-]OC(C)=O.[Na+]. The van der Waals surface area contributed by atoms with Crippen molar-refractivity contribution in [3.63, 3.8) is 0 Å². The van der Waals surface area contributed by atoms with Crippen molar-refractivity contribution in [1.29, 1.82) is 0 Å². The Labute approximate surface area is 351 Å². The molecule has 2 aromatic heterocycles. The van der Waals surface area contributed by atoms with Gasteiger partial charge in [0, 0.05) is 33.0 Å². The summed E-state index contributed by atoms with van der Waals surface area (Å²) in [5.74, 6) is -2.37. The largest absolute Gasteiger partial charge is 1.00 e. The number of fused-ring (bicyclic) bond motifs is 1. The van der Waals surface area contributed by atoms with Crippen molar-refractivity contribution in [3.05, 3.63) is 82.6 Å². The van der Waals surface area contributed by atoms with Gasteiger partial charge in [-0.2, -0.15) is 0 Å². The van der Waals surface area contributed by atoms with Crippen LogP contribution in [0.3, 0.4) is 0 Å². The maximum atomic E-state index is 13.1. The van der Waals surface area contributed by atoms with Gasteiger partial charge in [-0.05, 0) is 106 Å². The fourth-order valence-corrected chi connectivity index (χ4v) is 5.94. The van der Waals surface area contributed by atoms with E-state index in [-0.39, 0.29) is 51.2 Å². The third kappa shape index (κ3) is 16.3. The number of carbonyl (C=O) groups is 5. The quantitative estimate of drug-likeness (QED) is 0.104. The molecule has 2 aliphatic rings. The van der Waals surface area contributed by atoms with Crippen LogP contribution in [0.1, 0.15) is 73.0 Å². The van der Waals surface area contributed by atoms with Crippen molar-refractivity contribution in [2.75, 3.05) is 36.8 Å². The van der Waals surface area contributed by atoms with Crippen molar-refractivity contribution in [1.82, 2.24) is 19.8 Å². The number of halogens is 2. The molecular formula is C37H43BF2N6NaO8S. The number of imidazole rings is 1. The van der Waals surface area contributed by atoms with Crippen molar-refractivity contribution >= 4 is 71.8 Å². The molecule has 2 aromatic carbocycles. The number of nitrogens with one attached hydrogen (secondary N) is 3. The Morgan fingerprint density at radius 2 is 1.57 bits per heavy atom. The van der Waals surface area contributed by atoms with Crippen LogP contribution >= 0.6 is 11.3 Å². The molecular weight excluding hydrogens is 760 g/mol. The number of hydrogen-bond acceptors (Lipinski definition) is 12. The average Bonchev–Trinajstić information content (AvgIpc) is 4.00. The Hall–Kier alpha value is -4.46. The van der Waals surface area contributed by atoms with E-state index in [0.29, 0.717) is 16.9 Å². The first-order chi connectivity index (χ1) is 26.3.